The lowest BCUT2D eigenvalue weighted by atomic mass is 10.0. The Morgan fingerprint density at radius 3 is 2.88 bits per heavy atom. The molecule has 1 aliphatic rings. The highest BCUT2D eigenvalue weighted by atomic mass is 32.1. The predicted octanol–water partition coefficient (Wildman–Crippen LogP) is 2.59. The van der Waals surface area contributed by atoms with Crippen LogP contribution in [0.25, 0.3) is 0 Å². The summed E-state index contributed by atoms with van der Waals surface area (Å²) >= 11 is 1.80. The van der Waals surface area contributed by atoms with Crippen LogP contribution in [0.3, 0.4) is 0 Å². The standard InChI is InChI=1S/C18H33N5S/c1-5-19-18(20-9-8-17-22-15(3)16(4)24-17)21-10-12-23-11-6-7-14(2)13-23/h14H,5-13H2,1-4H3,(H2,19,20,21). The molecule has 1 aromatic rings. The molecule has 0 saturated carbocycles. The summed E-state index contributed by atoms with van der Waals surface area (Å²) < 4.78 is 0. The third-order valence-corrected chi connectivity index (χ3v) is 5.61. The maximum absolute atomic E-state index is 4.72. The Balaban J connectivity index is 1.73. The van der Waals surface area contributed by atoms with Crippen LogP contribution >= 0.6 is 11.3 Å². The zero-order chi connectivity index (χ0) is 17.4. The van der Waals surface area contributed by atoms with Crippen molar-refractivity contribution in [2.75, 3.05) is 39.3 Å². The van der Waals surface area contributed by atoms with E-state index >= 15 is 0 Å². The molecule has 1 atom stereocenters. The molecular weight excluding hydrogens is 318 g/mol. The number of thiazole rings is 1. The second-order valence-corrected chi connectivity index (χ2v) is 8.02. The average molecular weight is 352 g/mol. The van der Waals surface area contributed by atoms with Gasteiger partial charge < -0.3 is 15.5 Å². The first-order valence-electron chi connectivity index (χ1n) is 9.26. The van der Waals surface area contributed by atoms with Crippen LogP contribution < -0.4 is 10.6 Å². The van der Waals surface area contributed by atoms with E-state index in [4.69, 9.17) is 4.99 Å². The van der Waals surface area contributed by atoms with Gasteiger partial charge in [-0.2, -0.15) is 0 Å². The van der Waals surface area contributed by atoms with Crippen LogP contribution in [0.2, 0.25) is 0 Å². The molecule has 0 spiro atoms. The van der Waals surface area contributed by atoms with Gasteiger partial charge in [-0.3, -0.25) is 4.99 Å². The van der Waals surface area contributed by atoms with E-state index < -0.39 is 0 Å². The molecule has 1 aliphatic heterocycles. The number of guanidine groups is 1. The van der Waals surface area contributed by atoms with Crippen LogP contribution in [-0.2, 0) is 6.42 Å². The maximum atomic E-state index is 4.72. The van der Waals surface area contributed by atoms with Crippen LogP contribution in [0.1, 0.15) is 42.3 Å². The van der Waals surface area contributed by atoms with E-state index in [9.17, 15) is 0 Å². The lowest BCUT2D eigenvalue weighted by molar-refractivity contribution is 0.189. The molecule has 2 N–H and O–H groups in total. The Morgan fingerprint density at radius 1 is 1.38 bits per heavy atom. The highest BCUT2D eigenvalue weighted by Gasteiger charge is 2.15. The number of aryl methyl sites for hydroxylation is 2. The Kier molecular flexibility index (Phi) is 7.99. The molecule has 2 heterocycles. The van der Waals surface area contributed by atoms with Crippen molar-refractivity contribution in [1.29, 1.82) is 0 Å². The monoisotopic (exact) mass is 351 g/mol. The molecule has 1 unspecified atom stereocenters. The van der Waals surface area contributed by atoms with Gasteiger partial charge in [-0.05, 0) is 46.1 Å². The van der Waals surface area contributed by atoms with E-state index in [1.807, 2.05) is 0 Å². The number of hydrogen-bond donors (Lipinski definition) is 2. The van der Waals surface area contributed by atoms with Crippen LogP contribution in [0, 0.1) is 19.8 Å². The summed E-state index contributed by atoms with van der Waals surface area (Å²) in [6.45, 7) is 14.8. The van der Waals surface area contributed by atoms with Crippen LogP contribution in [0.4, 0.5) is 0 Å². The molecular formula is C18H33N5S. The molecule has 2 rings (SSSR count). The van der Waals surface area contributed by atoms with Gasteiger partial charge in [-0.15, -0.1) is 11.3 Å². The molecule has 1 aromatic heterocycles. The lowest BCUT2D eigenvalue weighted by Gasteiger charge is -2.30. The van der Waals surface area contributed by atoms with Crippen molar-refractivity contribution in [3.63, 3.8) is 0 Å². The number of nitrogens with one attached hydrogen (secondary N) is 2. The van der Waals surface area contributed by atoms with Crippen molar-refractivity contribution in [2.24, 2.45) is 10.9 Å². The van der Waals surface area contributed by atoms with Gasteiger partial charge in [0, 0.05) is 37.5 Å². The van der Waals surface area contributed by atoms with Crippen LogP contribution in [0.5, 0.6) is 0 Å². The van der Waals surface area contributed by atoms with E-state index in [-0.39, 0.29) is 0 Å². The fourth-order valence-electron chi connectivity index (χ4n) is 3.07. The fourth-order valence-corrected chi connectivity index (χ4v) is 4.00. The van der Waals surface area contributed by atoms with Gasteiger partial charge in [-0.1, -0.05) is 6.92 Å². The van der Waals surface area contributed by atoms with E-state index in [0.29, 0.717) is 0 Å². The van der Waals surface area contributed by atoms with Gasteiger partial charge in [-0.25, -0.2) is 4.98 Å². The smallest absolute Gasteiger partial charge is 0.191 e. The summed E-state index contributed by atoms with van der Waals surface area (Å²) in [4.78, 5) is 13.2. The SMILES string of the molecule is CCNC(=NCCN1CCCC(C)C1)NCCc1nc(C)c(C)s1. The zero-order valence-electron chi connectivity index (χ0n) is 15.7. The first kappa shape index (κ1) is 19.2. The normalized spacial score (nSPS) is 19.5. The summed E-state index contributed by atoms with van der Waals surface area (Å²) in [5, 5.41) is 7.97. The second kappa shape index (κ2) is 9.99. The summed E-state index contributed by atoms with van der Waals surface area (Å²) in [6, 6.07) is 0. The topological polar surface area (TPSA) is 52.6 Å². The second-order valence-electron chi connectivity index (χ2n) is 6.73. The van der Waals surface area contributed by atoms with Crippen LogP contribution in [-0.4, -0.2) is 55.1 Å². The van der Waals surface area contributed by atoms with Crippen molar-refractivity contribution in [3.8, 4) is 0 Å². The molecule has 0 amide bonds. The zero-order valence-corrected chi connectivity index (χ0v) is 16.5. The number of aromatic nitrogens is 1. The lowest BCUT2D eigenvalue weighted by Crippen LogP contribution is -2.40. The number of hydrogen-bond acceptors (Lipinski definition) is 4. The van der Waals surface area contributed by atoms with Gasteiger partial charge in [0.25, 0.3) is 0 Å². The molecule has 24 heavy (non-hydrogen) atoms. The Bertz CT molecular complexity index is 506. The highest BCUT2D eigenvalue weighted by molar-refractivity contribution is 7.11. The first-order chi connectivity index (χ1) is 11.6. The molecule has 0 aliphatic carbocycles. The van der Waals surface area contributed by atoms with Crippen molar-refractivity contribution >= 4 is 17.3 Å². The van der Waals surface area contributed by atoms with Crippen molar-refractivity contribution in [3.05, 3.63) is 15.6 Å². The number of rotatable bonds is 7. The third kappa shape index (κ3) is 6.40. The van der Waals surface area contributed by atoms with Crippen molar-refractivity contribution in [2.45, 2.75) is 47.0 Å². The molecule has 0 bridgehead atoms. The summed E-state index contributed by atoms with van der Waals surface area (Å²) in [6.07, 6.45) is 3.66. The molecule has 0 aromatic carbocycles. The first-order valence-corrected chi connectivity index (χ1v) is 10.1. The molecule has 1 fully saturated rings. The average Bonchev–Trinajstić information content (AvgIpc) is 2.86. The number of aliphatic imine (C=N–C) groups is 1. The van der Waals surface area contributed by atoms with E-state index in [2.05, 4.69) is 48.2 Å². The summed E-state index contributed by atoms with van der Waals surface area (Å²) in [7, 11) is 0. The van der Waals surface area contributed by atoms with Gasteiger partial charge in [0.2, 0.25) is 0 Å². The molecule has 6 heteroatoms. The quantitative estimate of drug-likeness (QED) is 0.586. The summed E-state index contributed by atoms with van der Waals surface area (Å²) in [5.41, 5.74) is 1.16. The Labute approximate surface area is 151 Å². The van der Waals surface area contributed by atoms with Crippen molar-refractivity contribution in [1.82, 2.24) is 20.5 Å². The minimum absolute atomic E-state index is 0.833. The van der Waals surface area contributed by atoms with Gasteiger partial charge in [0.05, 0.1) is 17.2 Å². The van der Waals surface area contributed by atoms with Gasteiger partial charge >= 0.3 is 0 Å². The van der Waals surface area contributed by atoms with Gasteiger partial charge in [0.1, 0.15) is 0 Å². The minimum Gasteiger partial charge on any atom is -0.357 e. The highest BCUT2D eigenvalue weighted by Crippen LogP contribution is 2.16. The van der Waals surface area contributed by atoms with E-state index in [0.717, 1.165) is 50.2 Å². The molecule has 1 saturated heterocycles. The largest absolute Gasteiger partial charge is 0.357 e. The molecule has 136 valence electrons. The van der Waals surface area contributed by atoms with Crippen molar-refractivity contribution < 1.29 is 0 Å². The fraction of sp³-hybridized carbons (Fsp3) is 0.778. The summed E-state index contributed by atoms with van der Waals surface area (Å²) in [5.74, 6) is 1.76. The van der Waals surface area contributed by atoms with E-state index in [1.165, 1.54) is 35.8 Å². The van der Waals surface area contributed by atoms with Crippen LogP contribution in [0.15, 0.2) is 4.99 Å². The third-order valence-electron chi connectivity index (χ3n) is 4.48. The predicted molar refractivity (Wildman–Crippen MR) is 104 cm³/mol. The minimum atomic E-state index is 0.833. The molecule has 0 radical (unpaired) electrons. The Morgan fingerprint density at radius 2 is 2.21 bits per heavy atom. The molecule has 5 nitrogen and oxygen atoms in total. The number of nitrogens with zero attached hydrogens (tertiary/aromatic N) is 3. The van der Waals surface area contributed by atoms with Gasteiger partial charge in [0.15, 0.2) is 5.96 Å². The number of piperidine rings is 1. The number of likely N-dealkylation sites (tertiary alicyclic amines) is 1. The Hall–Kier alpha value is -1.14. The maximum Gasteiger partial charge on any atom is 0.191 e. The van der Waals surface area contributed by atoms with E-state index in [1.54, 1.807) is 11.3 Å².